The molecule has 0 aliphatic rings. The Hall–Kier alpha value is -1.75. The summed E-state index contributed by atoms with van der Waals surface area (Å²) in [5.74, 6) is 0.524. The molecule has 2 aromatic rings. The Labute approximate surface area is 90.0 Å². The van der Waals surface area contributed by atoms with Gasteiger partial charge in [-0.1, -0.05) is 0 Å². The van der Waals surface area contributed by atoms with Gasteiger partial charge in [-0.2, -0.15) is 0 Å². The molecular formula is C9H9ClN4O. The first-order valence-corrected chi connectivity index (χ1v) is 4.83. The molecule has 0 atom stereocenters. The maximum atomic E-state index is 11.0. The van der Waals surface area contributed by atoms with Crippen LogP contribution in [0.4, 0.5) is 5.69 Å². The number of amidine groups is 1. The molecule has 1 heterocycles. The van der Waals surface area contributed by atoms with Crippen molar-refractivity contribution in [3.63, 3.8) is 0 Å². The number of hydrogen-bond acceptors (Lipinski definition) is 2. The van der Waals surface area contributed by atoms with Crippen molar-refractivity contribution in [2.24, 2.45) is 10.7 Å². The first-order valence-electron chi connectivity index (χ1n) is 4.30. The summed E-state index contributed by atoms with van der Waals surface area (Å²) in [7, 11) is 0. The van der Waals surface area contributed by atoms with Gasteiger partial charge in [0.15, 0.2) is 0 Å². The molecule has 6 heteroatoms. The second-order valence-corrected chi connectivity index (χ2v) is 3.31. The normalized spacial score (nSPS) is 12.2. The van der Waals surface area contributed by atoms with Gasteiger partial charge in [-0.3, -0.25) is 0 Å². The summed E-state index contributed by atoms with van der Waals surface area (Å²) >= 11 is 5.50. The van der Waals surface area contributed by atoms with Crippen LogP contribution in [-0.4, -0.2) is 21.7 Å². The van der Waals surface area contributed by atoms with E-state index < -0.39 is 0 Å². The predicted molar refractivity (Wildman–Crippen MR) is 60.9 cm³/mol. The number of benzene rings is 1. The number of aromatic amines is 2. The Morgan fingerprint density at radius 3 is 2.87 bits per heavy atom. The highest BCUT2D eigenvalue weighted by Gasteiger charge is 1.99. The number of rotatable bonds is 2. The van der Waals surface area contributed by atoms with Crippen molar-refractivity contribution < 1.29 is 0 Å². The van der Waals surface area contributed by atoms with E-state index in [9.17, 15) is 4.79 Å². The predicted octanol–water partition coefficient (Wildman–Crippen LogP) is 1.08. The molecule has 2 rings (SSSR count). The van der Waals surface area contributed by atoms with E-state index in [4.69, 9.17) is 17.3 Å². The summed E-state index contributed by atoms with van der Waals surface area (Å²) in [5, 5.41) is 0. The van der Waals surface area contributed by atoms with E-state index in [0.717, 1.165) is 5.52 Å². The molecule has 0 saturated carbocycles. The molecular weight excluding hydrogens is 216 g/mol. The van der Waals surface area contributed by atoms with Crippen LogP contribution in [0.15, 0.2) is 28.0 Å². The minimum atomic E-state index is -0.239. The fourth-order valence-electron chi connectivity index (χ4n) is 1.29. The van der Waals surface area contributed by atoms with Crippen LogP contribution in [0, 0.1) is 0 Å². The summed E-state index contributed by atoms with van der Waals surface area (Å²) in [6.45, 7) is 0. The van der Waals surface area contributed by atoms with Gasteiger partial charge < -0.3 is 15.7 Å². The van der Waals surface area contributed by atoms with Crippen molar-refractivity contribution in [2.75, 3.05) is 5.88 Å². The average Bonchev–Trinajstić information content (AvgIpc) is 2.57. The lowest BCUT2D eigenvalue weighted by atomic mass is 10.3. The Morgan fingerprint density at radius 1 is 1.40 bits per heavy atom. The number of nitrogens with two attached hydrogens (primary N) is 1. The zero-order valence-corrected chi connectivity index (χ0v) is 8.51. The van der Waals surface area contributed by atoms with Crippen LogP contribution >= 0.6 is 11.6 Å². The molecule has 0 spiro atoms. The number of nitrogens with one attached hydrogen (secondary N) is 2. The van der Waals surface area contributed by atoms with Crippen molar-refractivity contribution in [1.82, 2.24) is 9.97 Å². The van der Waals surface area contributed by atoms with E-state index in [1.165, 1.54) is 0 Å². The average molecular weight is 225 g/mol. The number of halogens is 1. The van der Waals surface area contributed by atoms with Crippen LogP contribution in [0.5, 0.6) is 0 Å². The van der Waals surface area contributed by atoms with Gasteiger partial charge in [-0.25, -0.2) is 9.79 Å². The van der Waals surface area contributed by atoms with Crippen LogP contribution in [0.25, 0.3) is 11.0 Å². The number of nitrogens with zero attached hydrogens (tertiary/aromatic N) is 1. The number of fused-ring (bicyclic) bond motifs is 1. The maximum absolute atomic E-state index is 11.0. The monoisotopic (exact) mass is 224 g/mol. The van der Waals surface area contributed by atoms with Gasteiger partial charge in [0.2, 0.25) is 0 Å². The lowest BCUT2D eigenvalue weighted by Gasteiger charge is -1.96. The quantitative estimate of drug-likeness (QED) is 0.405. The summed E-state index contributed by atoms with van der Waals surface area (Å²) < 4.78 is 0. The third-order valence-corrected chi connectivity index (χ3v) is 2.18. The van der Waals surface area contributed by atoms with Gasteiger partial charge in [-0.15, -0.1) is 11.6 Å². The minimum Gasteiger partial charge on any atom is -0.386 e. The number of alkyl halides is 1. The van der Waals surface area contributed by atoms with Crippen molar-refractivity contribution in [3.8, 4) is 0 Å². The van der Waals surface area contributed by atoms with E-state index in [0.29, 0.717) is 17.0 Å². The second-order valence-electron chi connectivity index (χ2n) is 3.05. The van der Waals surface area contributed by atoms with Crippen molar-refractivity contribution >= 4 is 34.2 Å². The number of imidazole rings is 1. The van der Waals surface area contributed by atoms with E-state index in [2.05, 4.69) is 15.0 Å². The van der Waals surface area contributed by atoms with Crippen LogP contribution in [0.2, 0.25) is 0 Å². The highest BCUT2D eigenvalue weighted by molar-refractivity contribution is 6.28. The topological polar surface area (TPSA) is 87.0 Å². The van der Waals surface area contributed by atoms with Gasteiger partial charge in [0.05, 0.1) is 22.6 Å². The summed E-state index contributed by atoms with van der Waals surface area (Å²) in [6, 6.07) is 5.24. The largest absolute Gasteiger partial charge is 0.386 e. The van der Waals surface area contributed by atoms with E-state index >= 15 is 0 Å². The Kier molecular flexibility index (Phi) is 2.47. The van der Waals surface area contributed by atoms with Crippen LogP contribution < -0.4 is 11.4 Å². The molecule has 0 bridgehead atoms. The van der Waals surface area contributed by atoms with E-state index in [1.54, 1.807) is 18.2 Å². The lowest BCUT2D eigenvalue weighted by Crippen LogP contribution is -2.12. The van der Waals surface area contributed by atoms with Crippen molar-refractivity contribution in [2.45, 2.75) is 0 Å². The summed E-state index contributed by atoms with van der Waals surface area (Å²) in [4.78, 5) is 20.3. The third-order valence-electron chi connectivity index (χ3n) is 1.91. The fraction of sp³-hybridized carbons (Fsp3) is 0.111. The molecule has 15 heavy (non-hydrogen) atoms. The van der Waals surface area contributed by atoms with Gasteiger partial charge in [-0.05, 0) is 18.2 Å². The molecule has 0 aliphatic carbocycles. The molecule has 0 radical (unpaired) electrons. The maximum Gasteiger partial charge on any atom is 0.323 e. The second kappa shape index (κ2) is 3.78. The SMILES string of the molecule is NC(CCl)=Nc1ccc2[nH]c(=O)[nH]c2c1. The molecule has 0 saturated heterocycles. The number of aliphatic imine (C=N–C) groups is 1. The standard InChI is InChI=1S/C9H9ClN4O/c10-4-8(11)12-5-1-2-6-7(3-5)14-9(15)13-6/h1-3H,4H2,(H2,11,12)(H2,13,14,15). The smallest absolute Gasteiger partial charge is 0.323 e. The summed E-state index contributed by atoms with van der Waals surface area (Å²) in [5.41, 5.74) is 7.35. The Morgan fingerprint density at radius 2 is 2.13 bits per heavy atom. The van der Waals surface area contributed by atoms with Crippen molar-refractivity contribution in [1.29, 1.82) is 0 Å². The molecule has 0 unspecified atom stereocenters. The highest BCUT2D eigenvalue weighted by Crippen LogP contribution is 2.17. The van der Waals surface area contributed by atoms with Gasteiger partial charge in [0, 0.05) is 0 Å². The van der Waals surface area contributed by atoms with Gasteiger partial charge in [0.1, 0.15) is 5.84 Å². The highest BCUT2D eigenvalue weighted by atomic mass is 35.5. The van der Waals surface area contributed by atoms with Crippen LogP contribution in [0.1, 0.15) is 0 Å². The van der Waals surface area contributed by atoms with Gasteiger partial charge in [0.25, 0.3) is 0 Å². The number of aromatic nitrogens is 2. The molecule has 1 aromatic carbocycles. The Balaban J connectivity index is 2.51. The minimum absolute atomic E-state index is 0.182. The van der Waals surface area contributed by atoms with E-state index in [-0.39, 0.29) is 11.6 Å². The zero-order valence-electron chi connectivity index (χ0n) is 7.75. The Bertz CT molecular complexity index is 569. The van der Waals surface area contributed by atoms with E-state index in [1.807, 2.05) is 0 Å². The molecule has 78 valence electrons. The van der Waals surface area contributed by atoms with Crippen molar-refractivity contribution in [3.05, 3.63) is 28.7 Å². The zero-order chi connectivity index (χ0) is 10.8. The van der Waals surface area contributed by atoms with Crippen LogP contribution in [-0.2, 0) is 0 Å². The molecule has 1 aromatic heterocycles. The lowest BCUT2D eigenvalue weighted by molar-refractivity contribution is 1.21. The number of hydrogen-bond donors (Lipinski definition) is 3. The molecule has 0 fully saturated rings. The first-order chi connectivity index (χ1) is 7.19. The third kappa shape index (κ3) is 2.02. The molecule has 5 nitrogen and oxygen atoms in total. The number of H-pyrrole nitrogens is 2. The first kappa shape index (κ1) is 9.79. The molecule has 4 N–H and O–H groups in total. The fourth-order valence-corrected chi connectivity index (χ4v) is 1.35. The summed E-state index contributed by atoms with van der Waals surface area (Å²) in [6.07, 6.45) is 0. The van der Waals surface area contributed by atoms with Gasteiger partial charge >= 0.3 is 5.69 Å². The molecule has 0 amide bonds. The van der Waals surface area contributed by atoms with Crippen LogP contribution in [0.3, 0.4) is 0 Å². The molecule has 0 aliphatic heterocycles.